The molecule has 0 spiro atoms. The first-order valence-corrected chi connectivity index (χ1v) is 5.06. The first kappa shape index (κ1) is 10.9. The lowest BCUT2D eigenvalue weighted by atomic mass is 9.51. The Bertz CT molecular complexity index is 459. The van der Waals surface area contributed by atoms with Crippen molar-refractivity contribution in [3.05, 3.63) is 54.6 Å². The van der Waals surface area contributed by atoms with E-state index in [1.807, 2.05) is 54.6 Å². The summed E-state index contributed by atoms with van der Waals surface area (Å²) < 4.78 is 0. The molecule has 0 fully saturated rings. The summed E-state index contributed by atoms with van der Waals surface area (Å²) in [5.74, 6) is 0. The molecule has 4 heteroatoms. The second kappa shape index (κ2) is 4.97. The Kier molecular flexibility index (Phi) is 3.40. The minimum atomic E-state index is 0.908. The summed E-state index contributed by atoms with van der Waals surface area (Å²) in [5, 5.41) is 0. The van der Waals surface area contributed by atoms with Crippen molar-refractivity contribution in [1.29, 1.82) is 0 Å². The first-order chi connectivity index (χ1) is 7.81. The Labute approximate surface area is 99.5 Å². The molecule has 0 atom stereocenters. The van der Waals surface area contributed by atoms with Crippen LogP contribution in [0.4, 0.5) is 11.4 Å². The van der Waals surface area contributed by atoms with Gasteiger partial charge in [0.15, 0.2) is 0 Å². The SMILES string of the molecule is [B][B]c1cccc(N([B])c2ccccc2)c1. The highest BCUT2D eigenvalue weighted by atomic mass is 15.0. The average molecular weight is 200 g/mol. The molecule has 0 aliphatic carbocycles. The van der Waals surface area contributed by atoms with Crippen LogP contribution in [0.25, 0.3) is 0 Å². The third kappa shape index (κ3) is 2.33. The molecule has 0 saturated heterocycles. The third-order valence-electron chi connectivity index (χ3n) is 2.38. The largest absolute Gasteiger partial charge is 0.398 e. The van der Waals surface area contributed by atoms with Gasteiger partial charge in [-0.05, 0) is 24.3 Å². The molecule has 0 aliphatic rings. The van der Waals surface area contributed by atoms with Crippen LogP contribution in [0.1, 0.15) is 0 Å². The molecule has 0 amide bonds. The van der Waals surface area contributed by atoms with Crippen LogP contribution >= 0.6 is 0 Å². The zero-order valence-corrected chi connectivity index (χ0v) is 8.88. The van der Waals surface area contributed by atoms with Crippen molar-refractivity contribution >= 4 is 39.7 Å². The molecule has 0 saturated carbocycles. The van der Waals surface area contributed by atoms with E-state index in [9.17, 15) is 0 Å². The van der Waals surface area contributed by atoms with Gasteiger partial charge in [-0.2, -0.15) is 0 Å². The van der Waals surface area contributed by atoms with Gasteiger partial charge in [0, 0.05) is 19.1 Å². The number of anilines is 2. The fraction of sp³-hybridized carbons (Fsp3) is 0. The van der Waals surface area contributed by atoms with E-state index in [1.165, 1.54) is 0 Å². The van der Waals surface area contributed by atoms with E-state index in [1.54, 1.807) is 12.0 Å². The molecule has 0 bridgehead atoms. The van der Waals surface area contributed by atoms with Crippen LogP contribution < -0.4 is 10.3 Å². The normalized spacial score (nSPS) is 9.75. The summed E-state index contributed by atoms with van der Waals surface area (Å²) >= 11 is 0. The minimum Gasteiger partial charge on any atom is -0.398 e. The molecule has 71 valence electrons. The summed E-state index contributed by atoms with van der Waals surface area (Å²) in [5.41, 5.74) is 2.80. The van der Waals surface area contributed by atoms with Crippen molar-refractivity contribution in [2.45, 2.75) is 0 Å². The maximum Gasteiger partial charge on any atom is 0.234 e. The van der Waals surface area contributed by atoms with Crippen molar-refractivity contribution in [1.82, 2.24) is 0 Å². The number of para-hydroxylation sites is 1. The van der Waals surface area contributed by atoms with E-state index < -0.39 is 0 Å². The topological polar surface area (TPSA) is 3.24 Å². The Morgan fingerprint density at radius 1 is 0.875 bits per heavy atom. The quantitative estimate of drug-likeness (QED) is 0.674. The van der Waals surface area contributed by atoms with Crippen molar-refractivity contribution in [2.75, 3.05) is 4.81 Å². The molecule has 0 unspecified atom stereocenters. The van der Waals surface area contributed by atoms with Gasteiger partial charge in [0.05, 0.1) is 7.17 Å². The van der Waals surface area contributed by atoms with Crippen LogP contribution in [0.3, 0.4) is 0 Å². The molecular weight excluding hydrogens is 191 g/mol. The lowest BCUT2D eigenvalue weighted by molar-refractivity contribution is 1.42. The lowest BCUT2D eigenvalue weighted by Crippen LogP contribution is -2.18. The number of hydrogen-bond acceptors (Lipinski definition) is 1. The molecule has 0 heterocycles. The zero-order valence-electron chi connectivity index (χ0n) is 8.88. The number of hydrogen-bond donors (Lipinski definition) is 0. The van der Waals surface area contributed by atoms with E-state index in [0.717, 1.165) is 16.8 Å². The fourth-order valence-corrected chi connectivity index (χ4v) is 1.52. The Balaban J connectivity index is 2.30. The average Bonchev–Trinajstić information content (AvgIpc) is 2.39. The van der Waals surface area contributed by atoms with Crippen molar-refractivity contribution in [3.63, 3.8) is 0 Å². The van der Waals surface area contributed by atoms with Crippen molar-refractivity contribution in [3.8, 4) is 0 Å². The van der Waals surface area contributed by atoms with Crippen LogP contribution in [-0.4, -0.2) is 22.9 Å². The van der Waals surface area contributed by atoms with Crippen LogP contribution in [0.15, 0.2) is 54.6 Å². The summed E-state index contributed by atoms with van der Waals surface area (Å²) in [7, 11) is 13.0. The number of rotatable bonds is 3. The van der Waals surface area contributed by atoms with E-state index >= 15 is 0 Å². The van der Waals surface area contributed by atoms with Crippen LogP contribution in [0.2, 0.25) is 0 Å². The van der Waals surface area contributed by atoms with Gasteiger partial charge in [-0.25, -0.2) is 0 Å². The monoisotopic (exact) mass is 200 g/mol. The molecule has 0 aliphatic heterocycles. The van der Waals surface area contributed by atoms with Gasteiger partial charge >= 0.3 is 0 Å². The van der Waals surface area contributed by atoms with Crippen molar-refractivity contribution < 1.29 is 0 Å². The maximum atomic E-state index is 6.02. The lowest BCUT2D eigenvalue weighted by Gasteiger charge is -2.20. The minimum absolute atomic E-state index is 0.908. The van der Waals surface area contributed by atoms with Crippen LogP contribution in [-0.2, 0) is 0 Å². The molecule has 1 nitrogen and oxygen atoms in total. The van der Waals surface area contributed by atoms with E-state index in [4.69, 9.17) is 15.7 Å². The first-order valence-electron chi connectivity index (χ1n) is 5.06. The van der Waals surface area contributed by atoms with Gasteiger partial charge < -0.3 is 4.81 Å². The maximum absolute atomic E-state index is 6.02. The second-order valence-electron chi connectivity index (χ2n) is 3.47. The molecule has 5 radical (unpaired) electrons. The van der Waals surface area contributed by atoms with Gasteiger partial charge in [0.2, 0.25) is 7.98 Å². The highest BCUT2D eigenvalue weighted by Gasteiger charge is 2.02. The summed E-state index contributed by atoms with van der Waals surface area (Å²) in [6.45, 7) is 0. The molecule has 16 heavy (non-hydrogen) atoms. The standard InChI is InChI=1S/C12H9B3N/c13-15-10-5-4-8-12(9-10)16(14)11-6-2-1-3-7-11/h1-9H. The number of benzene rings is 2. The predicted octanol–water partition coefficient (Wildman–Crippen LogP) is 1.32. The molecule has 2 aromatic carbocycles. The molecule has 0 N–H and O–H groups in total. The predicted molar refractivity (Wildman–Crippen MR) is 71.9 cm³/mol. The van der Waals surface area contributed by atoms with Gasteiger partial charge in [0.25, 0.3) is 0 Å². The van der Waals surface area contributed by atoms with Gasteiger partial charge in [0.1, 0.15) is 0 Å². The molecule has 2 aromatic rings. The zero-order chi connectivity index (χ0) is 11.4. The summed E-state index contributed by atoms with van der Waals surface area (Å²) in [4.78, 5) is 1.63. The van der Waals surface area contributed by atoms with E-state index in [2.05, 4.69) is 0 Å². The highest BCUT2D eigenvalue weighted by molar-refractivity contribution is 6.97. The number of nitrogens with zero attached hydrogens (tertiary/aromatic N) is 1. The molecular formula is C12H9B3N. The van der Waals surface area contributed by atoms with E-state index in [0.29, 0.717) is 0 Å². The van der Waals surface area contributed by atoms with Gasteiger partial charge in [-0.15, -0.1) is 0 Å². The van der Waals surface area contributed by atoms with Crippen molar-refractivity contribution in [2.24, 2.45) is 0 Å². The van der Waals surface area contributed by atoms with Crippen LogP contribution in [0.5, 0.6) is 0 Å². The van der Waals surface area contributed by atoms with Gasteiger partial charge in [-0.3, -0.25) is 0 Å². The van der Waals surface area contributed by atoms with Gasteiger partial charge in [-0.1, -0.05) is 35.8 Å². The van der Waals surface area contributed by atoms with Crippen LogP contribution in [0, 0.1) is 0 Å². The Hall–Kier alpha value is -1.57. The summed E-state index contributed by atoms with van der Waals surface area (Å²) in [6.07, 6.45) is 0. The Morgan fingerprint density at radius 2 is 1.56 bits per heavy atom. The van der Waals surface area contributed by atoms with E-state index in [-0.39, 0.29) is 0 Å². The molecule has 2 rings (SSSR count). The smallest absolute Gasteiger partial charge is 0.234 e. The Morgan fingerprint density at radius 3 is 2.25 bits per heavy atom. The second-order valence-corrected chi connectivity index (χ2v) is 3.47. The third-order valence-corrected chi connectivity index (χ3v) is 2.38. The highest BCUT2D eigenvalue weighted by Crippen LogP contribution is 2.20. The molecule has 0 aromatic heterocycles. The fourth-order valence-electron chi connectivity index (χ4n) is 1.52. The summed E-state index contributed by atoms with van der Waals surface area (Å²) in [6, 6.07) is 17.5.